The number of rotatable bonds is 3. The fraction of sp³-hybridized carbons (Fsp3) is 0.444. The van der Waals surface area contributed by atoms with E-state index >= 15 is 0 Å². The van der Waals surface area contributed by atoms with Gasteiger partial charge in [-0.3, -0.25) is 0 Å². The van der Waals surface area contributed by atoms with Crippen LogP contribution in [0.3, 0.4) is 0 Å². The summed E-state index contributed by atoms with van der Waals surface area (Å²) in [6.07, 6.45) is 0.550. The minimum absolute atomic E-state index is 0.187. The van der Waals surface area contributed by atoms with Crippen LogP contribution in [-0.4, -0.2) is 16.2 Å². The zero-order chi connectivity index (χ0) is 10.0. The number of aryl methyl sites for hydroxylation is 1. The summed E-state index contributed by atoms with van der Waals surface area (Å²) in [4.78, 5) is 10.8. The third-order valence-corrected chi connectivity index (χ3v) is 1.98. The molecule has 0 aromatic carbocycles. The highest BCUT2D eigenvalue weighted by atomic mass is 16.4. The zero-order valence-electron chi connectivity index (χ0n) is 7.63. The van der Waals surface area contributed by atoms with Crippen LogP contribution in [0.2, 0.25) is 0 Å². The molecule has 0 amide bonds. The maximum atomic E-state index is 10.8. The molecule has 4 nitrogen and oxygen atoms in total. The van der Waals surface area contributed by atoms with Crippen LogP contribution in [0.4, 0.5) is 0 Å². The van der Waals surface area contributed by atoms with Gasteiger partial charge in [0.15, 0.2) is 0 Å². The van der Waals surface area contributed by atoms with Gasteiger partial charge in [-0.1, -0.05) is 6.92 Å². The van der Waals surface area contributed by atoms with E-state index in [-0.39, 0.29) is 12.2 Å². The number of aliphatic hydroxyl groups is 1. The molecule has 1 heterocycles. The first-order valence-electron chi connectivity index (χ1n) is 4.07. The van der Waals surface area contributed by atoms with Crippen LogP contribution in [0.25, 0.3) is 0 Å². The second-order valence-corrected chi connectivity index (χ2v) is 2.75. The summed E-state index contributed by atoms with van der Waals surface area (Å²) < 4.78 is 5.12. The SMILES string of the molecule is CCc1c(CO)oc(C)c1C(=O)O. The number of carboxylic acid groups (broad SMARTS) is 1. The molecule has 2 N–H and O–H groups in total. The summed E-state index contributed by atoms with van der Waals surface area (Å²) in [6.45, 7) is 3.16. The Kier molecular flexibility index (Phi) is 2.72. The Balaban J connectivity index is 3.31. The van der Waals surface area contributed by atoms with Gasteiger partial charge < -0.3 is 14.6 Å². The standard InChI is InChI=1S/C9H12O4/c1-3-6-7(4-10)13-5(2)8(6)9(11)12/h10H,3-4H2,1-2H3,(H,11,12). The third kappa shape index (κ3) is 1.58. The first-order valence-corrected chi connectivity index (χ1v) is 4.07. The lowest BCUT2D eigenvalue weighted by Gasteiger charge is -1.96. The highest BCUT2D eigenvalue weighted by Crippen LogP contribution is 2.22. The summed E-state index contributed by atoms with van der Waals surface area (Å²) in [6, 6.07) is 0. The van der Waals surface area contributed by atoms with Gasteiger partial charge in [0.25, 0.3) is 0 Å². The molecule has 72 valence electrons. The number of carboxylic acids is 1. The summed E-state index contributed by atoms with van der Waals surface area (Å²) >= 11 is 0. The van der Waals surface area contributed by atoms with E-state index in [1.807, 2.05) is 6.92 Å². The second-order valence-electron chi connectivity index (χ2n) is 2.75. The van der Waals surface area contributed by atoms with Crippen molar-refractivity contribution in [3.8, 4) is 0 Å². The van der Waals surface area contributed by atoms with Crippen molar-refractivity contribution in [2.75, 3.05) is 0 Å². The minimum Gasteiger partial charge on any atom is -0.478 e. The Bertz CT molecular complexity index is 325. The molecule has 1 aromatic heterocycles. The maximum absolute atomic E-state index is 10.8. The van der Waals surface area contributed by atoms with Gasteiger partial charge in [0.1, 0.15) is 23.7 Å². The lowest BCUT2D eigenvalue weighted by Crippen LogP contribution is -2.01. The highest BCUT2D eigenvalue weighted by Gasteiger charge is 2.20. The lowest BCUT2D eigenvalue weighted by molar-refractivity contribution is 0.0694. The second kappa shape index (κ2) is 3.62. The molecule has 0 bridgehead atoms. The smallest absolute Gasteiger partial charge is 0.339 e. The topological polar surface area (TPSA) is 70.7 Å². The fourth-order valence-corrected chi connectivity index (χ4v) is 1.43. The van der Waals surface area contributed by atoms with Crippen molar-refractivity contribution in [3.05, 3.63) is 22.6 Å². The summed E-state index contributed by atoms with van der Waals surface area (Å²) in [5.74, 6) is -0.288. The normalized spacial score (nSPS) is 10.4. The summed E-state index contributed by atoms with van der Waals surface area (Å²) in [5.41, 5.74) is 0.777. The molecule has 0 saturated heterocycles. The van der Waals surface area contributed by atoms with Gasteiger partial charge in [-0.05, 0) is 13.3 Å². The van der Waals surface area contributed by atoms with Gasteiger partial charge in [-0.15, -0.1) is 0 Å². The summed E-state index contributed by atoms with van der Waals surface area (Å²) in [5, 5.41) is 17.7. The maximum Gasteiger partial charge on any atom is 0.339 e. The lowest BCUT2D eigenvalue weighted by atomic mass is 10.1. The number of carbonyl (C=O) groups is 1. The Hall–Kier alpha value is -1.29. The Morgan fingerprint density at radius 2 is 2.15 bits per heavy atom. The van der Waals surface area contributed by atoms with Gasteiger partial charge >= 0.3 is 5.97 Å². The molecule has 0 saturated carbocycles. The molecule has 0 fully saturated rings. The first-order chi connectivity index (χ1) is 6.11. The van der Waals surface area contributed by atoms with E-state index in [2.05, 4.69) is 0 Å². The average Bonchev–Trinajstić information content (AvgIpc) is 2.41. The van der Waals surface area contributed by atoms with Crippen LogP contribution in [0.5, 0.6) is 0 Å². The monoisotopic (exact) mass is 184 g/mol. The van der Waals surface area contributed by atoms with Crippen molar-refractivity contribution in [2.24, 2.45) is 0 Å². The fourth-order valence-electron chi connectivity index (χ4n) is 1.43. The predicted molar refractivity (Wildman–Crippen MR) is 45.7 cm³/mol. The highest BCUT2D eigenvalue weighted by molar-refractivity contribution is 5.90. The molecule has 13 heavy (non-hydrogen) atoms. The Labute approximate surface area is 75.8 Å². The van der Waals surface area contributed by atoms with E-state index in [9.17, 15) is 4.79 Å². The van der Waals surface area contributed by atoms with Crippen molar-refractivity contribution >= 4 is 5.97 Å². The number of aromatic carboxylic acids is 1. The van der Waals surface area contributed by atoms with Crippen LogP contribution in [0.15, 0.2) is 4.42 Å². The quantitative estimate of drug-likeness (QED) is 0.743. The Morgan fingerprint density at radius 3 is 2.54 bits per heavy atom. The van der Waals surface area contributed by atoms with Gasteiger partial charge in [0.05, 0.1) is 0 Å². The van der Waals surface area contributed by atoms with Gasteiger partial charge in [-0.2, -0.15) is 0 Å². The van der Waals surface area contributed by atoms with Gasteiger partial charge in [0, 0.05) is 5.56 Å². The van der Waals surface area contributed by atoms with E-state index in [0.717, 1.165) is 0 Å². The average molecular weight is 184 g/mol. The van der Waals surface area contributed by atoms with Crippen molar-refractivity contribution in [3.63, 3.8) is 0 Å². The predicted octanol–water partition coefficient (Wildman–Crippen LogP) is 1.34. The molecule has 0 atom stereocenters. The van der Waals surface area contributed by atoms with Crippen molar-refractivity contribution < 1.29 is 19.4 Å². The molecular formula is C9H12O4. The van der Waals surface area contributed by atoms with Gasteiger partial charge in [0.2, 0.25) is 0 Å². The van der Waals surface area contributed by atoms with Crippen molar-refractivity contribution in [1.29, 1.82) is 0 Å². The van der Waals surface area contributed by atoms with Crippen molar-refractivity contribution in [2.45, 2.75) is 26.9 Å². The number of hydrogen-bond donors (Lipinski definition) is 2. The molecule has 0 aliphatic rings. The van der Waals surface area contributed by atoms with E-state index in [1.165, 1.54) is 0 Å². The van der Waals surface area contributed by atoms with Gasteiger partial charge in [-0.25, -0.2) is 4.79 Å². The number of aliphatic hydroxyl groups excluding tert-OH is 1. The molecule has 0 radical (unpaired) electrons. The zero-order valence-corrected chi connectivity index (χ0v) is 7.63. The van der Waals surface area contributed by atoms with E-state index < -0.39 is 5.97 Å². The van der Waals surface area contributed by atoms with Crippen molar-refractivity contribution in [1.82, 2.24) is 0 Å². The molecule has 0 spiro atoms. The summed E-state index contributed by atoms with van der Waals surface area (Å²) in [7, 11) is 0. The van der Waals surface area contributed by atoms with Crippen LogP contribution in [0, 0.1) is 6.92 Å². The van der Waals surface area contributed by atoms with E-state index in [4.69, 9.17) is 14.6 Å². The van der Waals surface area contributed by atoms with E-state index in [1.54, 1.807) is 6.92 Å². The molecule has 1 rings (SSSR count). The minimum atomic E-state index is -1.00. The molecule has 4 heteroatoms. The molecule has 0 aliphatic carbocycles. The van der Waals surface area contributed by atoms with E-state index in [0.29, 0.717) is 23.5 Å². The molecular weight excluding hydrogens is 172 g/mol. The molecule has 1 aromatic rings. The largest absolute Gasteiger partial charge is 0.478 e. The number of furan rings is 1. The Morgan fingerprint density at radius 1 is 1.54 bits per heavy atom. The van der Waals surface area contributed by atoms with Crippen LogP contribution in [0.1, 0.15) is 34.4 Å². The number of hydrogen-bond acceptors (Lipinski definition) is 3. The van der Waals surface area contributed by atoms with Crippen LogP contribution < -0.4 is 0 Å². The third-order valence-electron chi connectivity index (χ3n) is 1.98. The molecule has 0 unspecified atom stereocenters. The van der Waals surface area contributed by atoms with Crippen LogP contribution >= 0.6 is 0 Å². The molecule has 0 aliphatic heterocycles. The van der Waals surface area contributed by atoms with Crippen LogP contribution in [-0.2, 0) is 13.0 Å². The first kappa shape index (κ1) is 9.80.